The maximum absolute atomic E-state index is 6.14. The number of pyridine rings is 1. The second-order valence-electron chi connectivity index (χ2n) is 5.32. The Morgan fingerprint density at radius 2 is 2.00 bits per heavy atom. The van der Waals surface area contributed by atoms with Gasteiger partial charge >= 0.3 is 0 Å². The van der Waals surface area contributed by atoms with Gasteiger partial charge in [-0.3, -0.25) is 0 Å². The molecule has 1 aromatic carbocycles. The Labute approximate surface area is 135 Å². The quantitative estimate of drug-likeness (QED) is 0.854. The van der Waals surface area contributed by atoms with Crippen LogP contribution in [0, 0.1) is 13.8 Å². The third-order valence-electron chi connectivity index (χ3n) is 3.66. The highest BCUT2D eigenvalue weighted by atomic mass is 79.9. The summed E-state index contributed by atoms with van der Waals surface area (Å²) in [6.07, 6.45) is 2.83. The molecule has 0 spiro atoms. The van der Waals surface area contributed by atoms with Gasteiger partial charge in [0, 0.05) is 16.2 Å². The molecule has 2 rings (SSSR count). The highest BCUT2D eigenvalue weighted by molar-refractivity contribution is 9.10. The van der Waals surface area contributed by atoms with E-state index in [1.54, 1.807) is 6.20 Å². The first-order valence-corrected chi connectivity index (χ1v) is 8.04. The molecule has 0 aliphatic rings. The minimum Gasteiger partial charge on any atom is -0.383 e. The number of aryl methyl sites for hydroxylation is 2. The van der Waals surface area contributed by atoms with Crippen LogP contribution in [0.5, 0.6) is 0 Å². The van der Waals surface area contributed by atoms with Crippen molar-refractivity contribution in [2.24, 2.45) is 0 Å². The average molecular weight is 348 g/mol. The van der Waals surface area contributed by atoms with Crippen LogP contribution in [0.4, 0.5) is 5.82 Å². The molecule has 3 N–H and O–H groups in total. The van der Waals surface area contributed by atoms with Gasteiger partial charge in [-0.1, -0.05) is 35.0 Å². The highest BCUT2D eigenvalue weighted by Crippen LogP contribution is 2.30. The third kappa shape index (κ3) is 3.63. The smallest absolute Gasteiger partial charge is 0.128 e. The molecule has 21 heavy (non-hydrogen) atoms. The van der Waals surface area contributed by atoms with E-state index in [2.05, 4.69) is 65.2 Å². The van der Waals surface area contributed by atoms with Gasteiger partial charge in [-0.25, -0.2) is 4.98 Å². The molecule has 0 aliphatic heterocycles. The number of halogens is 1. The maximum Gasteiger partial charge on any atom is 0.128 e. The van der Waals surface area contributed by atoms with Crippen LogP contribution >= 0.6 is 15.9 Å². The molecular formula is C17H22BrN3. The van der Waals surface area contributed by atoms with Gasteiger partial charge in [-0.2, -0.15) is 0 Å². The van der Waals surface area contributed by atoms with Crippen molar-refractivity contribution in [2.45, 2.75) is 33.2 Å². The van der Waals surface area contributed by atoms with Crippen LogP contribution in [0.15, 0.2) is 34.9 Å². The molecule has 0 amide bonds. The summed E-state index contributed by atoms with van der Waals surface area (Å²) < 4.78 is 1.11. The molecule has 0 fully saturated rings. The Morgan fingerprint density at radius 1 is 1.24 bits per heavy atom. The Balaban J connectivity index is 2.49. The van der Waals surface area contributed by atoms with Gasteiger partial charge in [0.15, 0.2) is 0 Å². The number of aromatic nitrogens is 1. The van der Waals surface area contributed by atoms with E-state index in [9.17, 15) is 0 Å². The van der Waals surface area contributed by atoms with E-state index in [0.29, 0.717) is 5.82 Å². The normalized spacial score (nSPS) is 12.4. The zero-order valence-corrected chi connectivity index (χ0v) is 14.4. The van der Waals surface area contributed by atoms with Gasteiger partial charge in [0.05, 0.1) is 6.04 Å². The number of rotatable bonds is 5. The van der Waals surface area contributed by atoms with E-state index in [-0.39, 0.29) is 6.04 Å². The zero-order chi connectivity index (χ0) is 15.4. The van der Waals surface area contributed by atoms with E-state index < -0.39 is 0 Å². The van der Waals surface area contributed by atoms with Gasteiger partial charge in [-0.05, 0) is 55.6 Å². The summed E-state index contributed by atoms with van der Waals surface area (Å²) >= 11 is 3.62. The Hall–Kier alpha value is -1.39. The van der Waals surface area contributed by atoms with Crippen molar-refractivity contribution >= 4 is 21.7 Å². The fourth-order valence-electron chi connectivity index (χ4n) is 2.43. The van der Waals surface area contributed by atoms with Crippen LogP contribution in [-0.2, 0) is 0 Å². The predicted molar refractivity (Wildman–Crippen MR) is 92.4 cm³/mol. The van der Waals surface area contributed by atoms with Gasteiger partial charge in [0.1, 0.15) is 5.82 Å². The van der Waals surface area contributed by atoms with Crippen LogP contribution in [0.1, 0.15) is 41.6 Å². The average Bonchev–Trinajstić information content (AvgIpc) is 2.45. The Bertz CT molecular complexity index is 605. The Morgan fingerprint density at radius 3 is 2.62 bits per heavy atom. The van der Waals surface area contributed by atoms with Crippen molar-refractivity contribution in [1.29, 1.82) is 0 Å². The lowest BCUT2D eigenvalue weighted by Crippen LogP contribution is -2.25. The second kappa shape index (κ2) is 7.05. The van der Waals surface area contributed by atoms with Crippen molar-refractivity contribution in [3.63, 3.8) is 0 Å². The van der Waals surface area contributed by atoms with Crippen LogP contribution in [-0.4, -0.2) is 11.5 Å². The fourth-order valence-corrected chi connectivity index (χ4v) is 2.83. The standard InChI is InChI=1S/C17H22BrN3/c1-4-8-20-16(13-6-5-11(2)14(18)10-13)15-12(3)7-9-21-17(15)19/h5-7,9-10,16,20H,4,8H2,1-3H3,(H2,19,21). The third-order valence-corrected chi connectivity index (χ3v) is 4.51. The van der Waals surface area contributed by atoms with Gasteiger partial charge in [0.2, 0.25) is 0 Å². The lowest BCUT2D eigenvalue weighted by atomic mass is 9.95. The zero-order valence-electron chi connectivity index (χ0n) is 12.8. The second-order valence-corrected chi connectivity index (χ2v) is 6.18. The van der Waals surface area contributed by atoms with E-state index in [4.69, 9.17) is 5.73 Å². The predicted octanol–water partition coefficient (Wildman–Crippen LogP) is 4.13. The van der Waals surface area contributed by atoms with E-state index in [0.717, 1.165) is 28.6 Å². The minimum absolute atomic E-state index is 0.0653. The monoisotopic (exact) mass is 347 g/mol. The number of hydrogen-bond acceptors (Lipinski definition) is 3. The van der Waals surface area contributed by atoms with Crippen LogP contribution in [0.3, 0.4) is 0 Å². The van der Waals surface area contributed by atoms with Gasteiger partial charge in [0.25, 0.3) is 0 Å². The van der Waals surface area contributed by atoms with Crippen LogP contribution in [0.25, 0.3) is 0 Å². The van der Waals surface area contributed by atoms with E-state index >= 15 is 0 Å². The molecule has 0 radical (unpaired) electrons. The highest BCUT2D eigenvalue weighted by Gasteiger charge is 2.19. The summed E-state index contributed by atoms with van der Waals surface area (Å²) in [5.41, 5.74) is 10.8. The molecule has 2 aromatic rings. The fraction of sp³-hybridized carbons (Fsp3) is 0.353. The van der Waals surface area contributed by atoms with Crippen molar-refractivity contribution in [1.82, 2.24) is 10.3 Å². The Kier molecular flexibility index (Phi) is 5.37. The number of hydrogen-bond donors (Lipinski definition) is 2. The van der Waals surface area contributed by atoms with Gasteiger partial charge in [-0.15, -0.1) is 0 Å². The molecular weight excluding hydrogens is 326 g/mol. The largest absolute Gasteiger partial charge is 0.383 e. The number of nitrogens with one attached hydrogen (secondary N) is 1. The molecule has 1 heterocycles. The first-order valence-electron chi connectivity index (χ1n) is 7.25. The first kappa shape index (κ1) is 16.0. The summed E-state index contributed by atoms with van der Waals surface area (Å²) in [5, 5.41) is 3.59. The summed E-state index contributed by atoms with van der Waals surface area (Å²) in [6.45, 7) is 7.27. The summed E-state index contributed by atoms with van der Waals surface area (Å²) in [7, 11) is 0. The number of nitrogens with zero attached hydrogens (tertiary/aromatic N) is 1. The maximum atomic E-state index is 6.14. The minimum atomic E-state index is 0.0653. The van der Waals surface area contributed by atoms with Crippen molar-refractivity contribution in [3.8, 4) is 0 Å². The van der Waals surface area contributed by atoms with Crippen molar-refractivity contribution in [2.75, 3.05) is 12.3 Å². The van der Waals surface area contributed by atoms with Gasteiger partial charge < -0.3 is 11.1 Å². The van der Waals surface area contributed by atoms with Crippen LogP contribution in [0.2, 0.25) is 0 Å². The number of anilines is 1. The molecule has 1 atom stereocenters. The lowest BCUT2D eigenvalue weighted by molar-refractivity contribution is 0.596. The van der Waals surface area contributed by atoms with Crippen LogP contribution < -0.4 is 11.1 Å². The lowest BCUT2D eigenvalue weighted by Gasteiger charge is -2.23. The molecule has 3 nitrogen and oxygen atoms in total. The molecule has 1 aromatic heterocycles. The first-order chi connectivity index (χ1) is 10.0. The molecule has 1 unspecified atom stereocenters. The topological polar surface area (TPSA) is 50.9 Å². The van der Waals surface area contributed by atoms with E-state index in [1.807, 2.05) is 6.07 Å². The number of nitrogens with two attached hydrogens (primary N) is 1. The summed E-state index contributed by atoms with van der Waals surface area (Å²) in [4.78, 5) is 4.26. The number of nitrogen functional groups attached to an aromatic ring is 1. The van der Waals surface area contributed by atoms with Crippen molar-refractivity contribution < 1.29 is 0 Å². The summed E-state index contributed by atoms with van der Waals surface area (Å²) in [5.74, 6) is 0.598. The molecule has 0 bridgehead atoms. The van der Waals surface area contributed by atoms with E-state index in [1.165, 1.54) is 11.1 Å². The number of benzene rings is 1. The molecule has 4 heteroatoms. The SMILES string of the molecule is CCCNC(c1ccc(C)c(Br)c1)c1c(C)ccnc1N. The molecule has 0 saturated heterocycles. The van der Waals surface area contributed by atoms with Crippen molar-refractivity contribution in [3.05, 3.63) is 57.2 Å². The summed E-state index contributed by atoms with van der Waals surface area (Å²) in [6, 6.07) is 8.52. The molecule has 112 valence electrons. The molecule has 0 aliphatic carbocycles. The molecule has 0 saturated carbocycles.